The van der Waals surface area contributed by atoms with Crippen LogP contribution in [0.2, 0.25) is 0 Å². The average Bonchev–Trinajstić information content (AvgIpc) is 2.83. The minimum absolute atomic E-state index is 0.00586. The predicted octanol–water partition coefficient (Wildman–Crippen LogP) is 2.46. The first-order chi connectivity index (χ1) is 10.9. The van der Waals surface area contributed by atoms with Crippen molar-refractivity contribution in [2.75, 3.05) is 7.11 Å². The van der Waals surface area contributed by atoms with Crippen molar-refractivity contribution in [3.8, 4) is 5.75 Å². The molecular weight excluding hydrogens is 311 g/mol. The number of hydrogen-bond acceptors (Lipinski definition) is 3. The first-order valence-corrected chi connectivity index (χ1v) is 7.31. The summed E-state index contributed by atoms with van der Waals surface area (Å²) in [5.74, 6) is 0.462. The highest BCUT2D eigenvalue weighted by Crippen LogP contribution is 2.36. The minimum atomic E-state index is -4.51. The van der Waals surface area contributed by atoms with Gasteiger partial charge in [0.05, 0.1) is 19.2 Å². The quantitative estimate of drug-likeness (QED) is 0.870. The second-order valence-electron chi connectivity index (χ2n) is 5.50. The van der Waals surface area contributed by atoms with E-state index in [1.54, 1.807) is 4.57 Å². The van der Waals surface area contributed by atoms with Gasteiger partial charge >= 0.3 is 11.9 Å². The molecule has 0 amide bonds. The molecule has 0 radical (unpaired) electrons. The first-order valence-electron chi connectivity index (χ1n) is 7.31. The lowest BCUT2D eigenvalue weighted by Crippen LogP contribution is -2.27. The third-order valence-electron chi connectivity index (χ3n) is 3.93. The van der Waals surface area contributed by atoms with E-state index in [0.717, 1.165) is 25.3 Å². The molecule has 1 aromatic heterocycles. The van der Waals surface area contributed by atoms with E-state index in [1.807, 2.05) is 0 Å². The van der Waals surface area contributed by atoms with Crippen molar-refractivity contribution < 1.29 is 17.9 Å². The molecule has 1 aliphatic rings. The number of methoxy groups -OCH3 is 1. The maximum Gasteiger partial charge on any atom is 0.419 e. The monoisotopic (exact) mass is 327 g/mol. The van der Waals surface area contributed by atoms with Crippen LogP contribution in [-0.2, 0) is 25.7 Å². The summed E-state index contributed by atoms with van der Waals surface area (Å²) in [5.41, 5.74) is -0.769. The lowest BCUT2D eigenvalue weighted by molar-refractivity contribution is -0.138. The van der Waals surface area contributed by atoms with E-state index in [2.05, 4.69) is 5.10 Å². The van der Waals surface area contributed by atoms with Crippen molar-refractivity contribution in [3.63, 3.8) is 0 Å². The van der Waals surface area contributed by atoms with Crippen molar-refractivity contribution in [2.24, 2.45) is 0 Å². The number of aryl methyl sites for hydroxylation is 1. The molecule has 0 saturated heterocycles. The average molecular weight is 327 g/mol. The molecule has 0 saturated carbocycles. The Hall–Kier alpha value is -2.25. The Labute approximate surface area is 130 Å². The Balaban J connectivity index is 1.95. The van der Waals surface area contributed by atoms with Crippen LogP contribution in [0.15, 0.2) is 23.0 Å². The van der Waals surface area contributed by atoms with Gasteiger partial charge in [0.2, 0.25) is 0 Å². The van der Waals surface area contributed by atoms with E-state index in [9.17, 15) is 18.0 Å². The Morgan fingerprint density at radius 3 is 2.74 bits per heavy atom. The molecule has 8 heteroatoms. The number of rotatable bonds is 3. The zero-order chi connectivity index (χ0) is 16.6. The molecule has 0 atom stereocenters. The molecular formula is C15H16F3N3O2. The van der Waals surface area contributed by atoms with Gasteiger partial charge in [-0.05, 0) is 30.5 Å². The van der Waals surface area contributed by atoms with Gasteiger partial charge in [0.15, 0.2) is 0 Å². The van der Waals surface area contributed by atoms with Gasteiger partial charge in [-0.15, -0.1) is 0 Å². The van der Waals surface area contributed by atoms with Crippen LogP contribution in [0.5, 0.6) is 5.75 Å². The number of halogens is 3. The lowest BCUT2D eigenvalue weighted by atomic mass is 10.1. The van der Waals surface area contributed by atoms with Crippen molar-refractivity contribution in [3.05, 3.63) is 45.6 Å². The SMILES string of the molecule is COc1ccc(Cn2nc3n(c2=O)CCCC3)cc1C(F)(F)F. The summed E-state index contributed by atoms with van der Waals surface area (Å²) in [6, 6.07) is 3.78. The van der Waals surface area contributed by atoms with Gasteiger partial charge in [0.1, 0.15) is 11.6 Å². The number of aromatic nitrogens is 3. The van der Waals surface area contributed by atoms with Gasteiger partial charge < -0.3 is 4.74 Å². The molecule has 1 aliphatic heterocycles. The van der Waals surface area contributed by atoms with Crippen molar-refractivity contribution >= 4 is 0 Å². The third kappa shape index (κ3) is 2.97. The molecule has 2 aromatic rings. The predicted molar refractivity (Wildman–Crippen MR) is 76.5 cm³/mol. The number of nitrogens with zero attached hydrogens (tertiary/aromatic N) is 3. The molecule has 3 rings (SSSR count). The van der Waals surface area contributed by atoms with E-state index in [-0.39, 0.29) is 18.0 Å². The van der Waals surface area contributed by atoms with Crippen molar-refractivity contribution in [1.29, 1.82) is 0 Å². The zero-order valence-corrected chi connectivity index (χ0v) is 12.6. The Morgan fingerprint density at radius 1 is 1.30 bits per heavy atom. The summed E-state index contributed by atoms with van der Waals surface area (Å²) in [7, 11) is 1.19. The van der Waals surface area contributed by atoms with Crippen LogP contribution in [0.4, 0.5) is 13.2 Å². The molecule has 0 fully saturated rings. The smallest absolute Gasteiger partial charge is 0.419 e. The molecule has 124 valence electrons. The van der Waals surface area contributed by atoms with Crippen molar-refractivity contribution in [2.45, 2.75) is 38.5 Å². The first kappa shape index (κ1) is 15.6. The molecule has 5 nitrogen and oxygen atoms in total. The topological polar surface area (TPSA) is 49.0 Å². The molecule has 1 aromatic carbocycles. The van der Waals surface area contributed by atoms with E-state index < -0.39 is 11.7 Å². The van der Waals surface area contributed by atoms with Gasteiger partial charge in [0.25, 0.3) is 0 Å². The fraction of sp³-hybridized carbons (Fsp3) is 0.467. The van der Waals surface area contributed by atoms with Crippen LogP contribution < -0.4 is 10.4 Å². The summed E-state index contributed by atoms with van der Waals surface area (Å²) in [5, 5.41) is 4.23. The van der Waals surface area contributed by atoms with Crippen LogP contribution in [0.3, 0.4) is 0 Å². The molecule has 0 N–H and O–H groups in total. The second kappa shape index (κ2) is 5.75. The highest BCUT2D eigenvalue weighted by Gasteiger charge is 2.34. The highest BCUT2D eigenvalue weighted by molar-refractivity contribution is 5.39. The highest BCUT2D eigenvalue weighted by atomic mass is 19.4. The summed E-state index contributed by atoms with van der Waals surface area (Å²) in [6.45, 7) is 0.622. The Bertz CT molecular complexity index is 777. The summed E-state index contributed by atoms with van der Waals surface area (Å²) in [4.78, 5) is 12.2. The maximum absolute atomic E-state index is 13.1. The molecule has 0 unspecified atom stereocenters. The van der Waals surface area contributed by atoms with E-state index in [0.29, 0.717) is 17.9 Å². The van der Waals surface area contributed by atoms with Crippen LogP contribution in [0.25, 0.3) is 0 Å². The van der Waals surface area contributed by atoms with E-state index in [1.165, 1.54) is 23.9 Å². The number of ether oxygens (including phenoxy) is 1. The molecule has 2 heterocycles. The lowest BCUT2D eigenvalue weighted by Gasteiger charge is -2.13. The van der Waals surface area contributed by atoms with E-state index in [4.69, 9.17) is 4.74 Å². The molecule has 0 bridgehead atoms. The number of alkyl halides is 3. The van der Waals surface area contributed by atoms with Gasteiger partial charge in [0, 0.05) is 13.0 Å². The number of fused-ring (bicyclic) bond motifs is 1. The molecule has 0 spiro atoms. The van der Waals surface area contributed by atoms with Gasteiger partial charge in [-0.1, -0.05) is 6.07 Å². The number of benzene rings is 1. The maximum atomic E-state index is 13.1. The second-order valence-corrected chi connectivity index (χ2v) is 5.50. The normalized spacial score (nSPS) is 14.6. The van der Waals surface area contributed by atoms with Crippen LogP contribution in [-0.4, -0.2) is 21.5 Å². The fourth-order valence-corrected chi connectivity index (χ4v) is 2.80. The summed E-state index contributed by atoms with van der Waals surface area (Å²) < 4.78 is 46.7. The summed E-state index contributed by atoms with van der Waals surface area (Å²) in [6.07, 6.45) is -1.91. The molecule has 23 heavy (non-hydrogen) atoms. The Morgan fingerprint density at radius 2 is 2.09 bits per heavy atom. The van der Waals surface area contributed by atoms with Gasteiger partial charge in [-0.25, -0.2) is 9.48 Å². The Kier molecular flexibility index (Phi) is 3.91. The number of hydrogen-bond donors (Lipinski definition) is 0. The third-order valence-corrected chi connectivity index (χ3v) is 3.93. The van der Waals surface area contributed by atoms with Crippen LogP contribution >= 0.6 is 0 Å². The van der Waals surface area contributed by atoms with Crippen LogP contribution in [0, 0.1) is 0 Å². The van der Waals surface area contributed by atoms with E-state index >= 15 is 0 Å². The van der Waals surface area contributed by atoms with Gasteiger partial charge in [-0.2, -0.15) is 18.3 Å². The largest absolute Gasteiger partial charge is 0.496 e. The van der Waals surface area contributed by atoms with Crippen molar-refractivity contribution in [1.82, 2.24) is 14.3 Å². The fourth-order valence-electron chi connectivity index (χ4n) is 2.80. The van der Waals surface area contributed by atoms with Gasteiger partial charge in [-0.3, -0.25) is 4.57 Å². The van der Waals surface area contributed by atoms with Crippen LogP contribution in [0.1, 0.15) is 29.8 Å². The summed E-state index contributed by atoms with van der Waals surface area (Å²) >= 11 is 0. The minimum Gasteiger partial charge on any atom is -0.496 e. The standard InChI is InChI=1S/C15H16F3N3O2/c1-23-12-6-5-10(8-11(12)15(16,17)18)9-21-14(22)20-7-3-2-4-13(20)19-21/h5-6,8H,2-4,7,9H2,1H3. The molecule has 0 aliphatic carbocycles. The zero-order valence-electron chi connectivity index (χ0n) is 12.6.